The van der Waals surface area contributed by atoms with E-state index in [0.29, 0.717) is 5.75 Å². The summed E-state index contributed by atoms with van der Waals surface area (Å²) >= 11 is 5.86. The summed E-state index contributed by atoms with van der Waals surface area (Å²) in [5, 5.41) is 0.196. The van der Waals surface area contributed by atoms with E-state index in [1.54, 1.807) is 6.07 Å². The number of hydrogen-bond acceptors (Lipinski definition) is 4. The molecule has 2 N–H and O–H groups in total. The lowest BCUT2D eigenvalue weighted by molar-refractivity contribution is 0.0470. The number of carbonyl (C=O) groups is 1. The molecule has 6 heteroatoms. The molecule has 110 valence electrons. The van der Waals surface area contributed by atoms with Crippen LogP contribution in [0, 0.1) is 5.82 Å². The van der Waals surface area contributed by atoms with E-state index in [-0.39, 0.29) is 28.4 Å². The van der Waals surface area contributed by atoms with E-state index in [0.717, 1.165) is 0 Å². The predicted molar refractivity (Wildman–Crippen MR) is 77.9 cm³/mol. The Morgan fingerprint density at radius 1 is 1.33 bits per heavy atom. The first-order valence-electron chi connectivity index (χ1n) is 6.06. The second-order valence-corrected chi connectivity index (χ2v) is 4.64. The monoisotopic (exact) mass is 309 g/mol. The minimum Gasteiger partial charge on any atom is -0.497 e. The average Bonchev–Trinajstić information content (AvgIpc) is 2.47. The fourth-order valence-corrected chi connectivity index (χ4v) is 1.94. The number of ether oxygens (including phenoxy) is 2. The number of nitrogens with two attached hydrogens (primary N) is 1. The number of benzene rings is 2. The number of anilines is 1. The van der Waals surface area contributed by atoms with Crippen molar-refractivity contribution in [2.45, 2.75) is 6.61 Å². The van der Waals surface area contributed by atoms with Gasteiger partial charge in [-0.25, -0.2) is 9.18 Å². The van der Waals surface area contributed by atoms with Crippen LogP contribution >= 0.6 is 11.6 Å². The van der Waals surface area contributed by atoms with Gasteiger partial charge in [0.25, 0.3) is 0 Å². The normalized spacial score (nSPS) is 10.2. The van der Waals surface area contributed by atoms with Crippen molar-refractivity contribution in [3.05, 3.63) is 58.4 Å². The topological polar surface area (TPSA) is 61.5 Å². The Labute approximate surface area is 126 Å². The van der Waals surface area contributed by atoms with Crippen molar-refractivity contribution in [2.75, 3.05) is 12.8 Å². The Morgan fingerprint density at radius 3 is 2.76 bits per heavy atom. The van der Waals surface area contributed by atoms with Crippen LogP contribution < -0.4 is 10.5 Å². The molecular weight excluding hydrogens is 297 g/mol. The van der Waals surface area contributed by atoms with Gasteiger partial charge < -0.3 is 15.2 Å². The van der Waals surface area contributed by atoms with Crippen LogP contribution in [0.1, 0.15) is 15.9 Å². The maximum Gasteiger partial charge on any atom is 0.340 e. The lowest BCUT2D eigenvalue weighted by atomic mass is 10.1. The van der Waals surface area contributed by atoms with Gasteiger partial charge in [-0.1, -0.05) is 17.7 Å². The Kier molecular flexibility index (Phi) is 4.65. The first kappa shape index (κ1) is 15.1. The van der Waals surface area contributed by atoms with Crippen molar-refractivity contribution < 1.29 is 18.7 Å². The summed E-state index contributed by atoms with van der Waals surface area (Å²) in [6, 6.07) is 8.86. The second-order valence-electron chi connectivity index (χ2n) is 4.23. The van der Waals surface area contributed by atoms with E-state index in [1.807, 2.05) is 0 Å². The summed E-state index contributed by atoms with van der Waals surface area (Å²) in [4.78, 5) is 12.0. The molecule has 2 aromatic carbocycles. The zero-order valence-corrected chi connectivity index (χ0v) is 12.0. The number of methoxy groups -OCH3 is 1. The number of halogens is 2. The second kappa shape index (κ2) is 6.45. The summed E-state index contributed by atoms with van der Waals surface area (Å²) in [5.41, 5.74) is 6.24. The first-order valence-corrected chi connectivity index (χ1v) is 6.44. The van der Waals surface area contributed by atoms with Gasteiger partial charge in [-0.05, 0) is 30.3 Å². The van der Waals surface area contributed by atoms with Gasteiger partial charge in [-0.2, -0.15) is 0 Å². The highest BCUT2D eigenvalue weighted by atomic mass is 35.5. The summed E-state index contributed by atoms with van der Waals surface area (Å²) in [6.45, 7) is -0.277. The fourth-order valence-electron chi connectivity index (χ4n) is 1.72. The maximum absolute atomic E-state index is 13.6. The SMILES string of the molecule is COc1ccc(N)c(C(=O)OCc2c(F)cccc2Cl)c1. The van der Waals surface area contributed by atoms with Crippen LogP contribution in [-0.4, -0.2) is 13.1 Å². The molecule has 0 saturated carbocycles. The van der Waals surface area contributed by atoms with Crippen LogP contribution in [0.2, 0.25) is 5.02 Å². The van der Waals surface area contributed by atoms with E-state index in [1.165, 1.54) is 37.4 Å². The third-order valence-corrected chi connectivity index (χ3v) is 3.24. The molecule has 2 rings (SSSR count). The number of hydrogen-bond donors (Lipinski definition) is 1. The van der Waals surface area contributed by atoms with Gasteiger partial charge in [0.15, 0.2) is 0 Å². The zero-order chi connectivity index (χ0) is 15.4. The highest BCUT2D eigenvalue weighted by molar-refractivity contribution is 6.31. The van der Waals surface area contributed by atoms with Gasteiger partial charge in [0, 0.05) is 11.3 Å². The first-order chi connectivity index (χ1) is 10.0. The Balaban J connectivity index is 2.15. The van der Waals surface area contributed by atoms with E-state index in [4.69, 9.17) is 26.8 Å². The molecule has 0 unspecified atom stereocenters. The molecule has 21 heavy (non-hydrogen) atoms. The molecular formula is C15H13ClFNO3. The largest absolute Gasteiger partial charge is 0.497 e. The Bertz CT molecular complexity index is 656. The van der Waals surface area contributed by atoms with Crippen molar-refractivity contribution >= 4 is 23.3 Å². The molecule has 0 atom stereocenters. The standard InChI is InChI=1S/C15H13ClFNO3/c1-20-9-5-6-14(18)10(7-9)15(19)21-8-11-12(16)3-2-4-13(11)17/h2-7H,8,18H2,1H3. The molecule has 0 heterocycles. The van der Waals surface area contributed by atoms with Crippen LogP contribution in [0.3, 0.4) is 0 Å². The summed E-state index contributed by atoms with van der Waals surface area (Å²) in [6.07, 6.45) is 0. The molecule has 2 aromatic rings. The van der Waals surface area contributed by atoms with Crippen molar-refractivity contribution in [3.8, 4) is 5.75 Å². The summed E-state index contributed by atoms with van der Waals surface area (Å²) < 4.78 is 23.7. The summed E-state index contributed by atoms with van der Waals surface area (Å²) in [5.74, 6) is -0.736. The lowest BCUT2D eigenvalue weighted by Crippen LogP contribution is -2.09. The third kappa shape index (κ3) is 3.44. The fraction of sp³-hybridized carbons (Fsp3) is 0.133. The number of rotatable bonds is 4. The van der Waals surface area contributed by atoms with Crippen LogP contribution in [0.15, 0.2) is 36.4 Å². The molecule has 0 aliphatic rings. The van der Waals surface area contributed by atoms with Gasteiger partial charge in [-0.15, -0.1) is 0 Å². The quantitative estimate of drug-likeness (QED) is 0.694. The van der Waals surface area contributed by atoms with Crippen molar-refractivity contribution in [1.82, 2.24) is 0 Å². The predicted octanol–water partition coefficient (Wildman–Crippen LogP) is 3.43. The van der Waals surface area contributed by atoms with E-state index >= 15 is 0 Å². The van der Waals surface area contributed by atoms with Crippen LogP contribution in [0.25, 0.3) is 0 Å². The van der Waals surface area contributed by atoms with Crippen LogP contribution in [0.4, 0.5) is 10.1 Å². The molecule has 0 amide bonds. The van der Waals surface area contributed by atoms with Gasteiger partial charge in [0.1, 0.15) is 18.2 Å². The number of nitrogen functional groups attached to an aromatic ring is 1. The number of esters is 1. The molecule has 0 spiro atoms. The van der Waals surface area contributed by atoms with Gasteiger partial charge in [0.2, 0.25) is 0 Å². The van der Waals surface area contributed by atoms with Crippen LogP contribution in [-0.2, 0) is 11.3 Å². The summed E-state index contributed by atoms with van der Waals surface area (Å²) in [7, 11) is 1.47. The van der Waals surface area contributed by atoms with Gasteiger partial charge >= 0.3 is 5.97 Å². The van der Waals surface area contributed by atoms with Gasteiger partial charge in [0.05, 0.1) is 17.7 Å². The molecule has 0 radical (unpaired) electrons. The molecule has 0 aliphatic heterocycles. The van der Waals surface area contributed by atoms with E-state index in [9.17, 15) is 9.18 Å². The van der Waals surface area contributed by atoms with E-state index in [2.05, 4.69) is 0 Å². The molecule has 0 aliphatic carbocycles. The van der Waals surface area contributed by atoms with E-state index < -0.39 is 11.8 Å². The molecule has 0 saturated heterocycles. The zero-order valence-electron chi connectivity index (χ0n) is 11.2. The molecule has 0 fully saturated rings. The van der Waals surface area contributed by atoms with Gasteiger partial charge in [-0.3, -0.25) is 0 Å². The molecule has 4 nitrogen and oxygen atoms in total. The van der Waals surface area contributed by atoms with Crippen molar-refractivity contribution in [1.29, 1.82) is 0 Å². The van der Waals surface area contributed by atoms with Crippen LogP contribution in [0.5, 0.6) is 5.75 Å². The van der Waals surface area contributed by atoms with Crippen molar-refractivity contribution in [3.63, 3.8) is 0 Å². The Morgan fingerprint density at radius 2 is 2.10 bits per heavy atom. The Hall–Kier alpha value is -2.27. The van der Waals surface area contributed by atoms with Crippen molar-refractivity contribution in [2.24, 2.45) is 0 Å². The minimum absolute atomic E-state index is 0.119. The third-order valence-electron chi connectivity index (χ3n) is 2.89. The lowest BCUT2D eigenvalue weighted by Gasteiger charge is -2.10. The highest BCUT2D eigenvalue weighted by Crippen LogP contribution is 2.23. The average molecular weight is 310 g/mol. The minimum atomic E-state index is -0.675. The smallest absolute Gasteiger partial charge is 0.340 e. The molecule has 0 bridgehead atoms. The number of carbonyl (C=O) groups excluding carboxylic acids is 1. The maximum atomic E-state index is 13.6. The highest BCUT2D eigenvalue weighted by Gasteiger charge is 2.15. The molecule has 0 aromatic heterocycles.